The van der Waals surface area contributed by atoms with Crippen LogP contribution >= 0.6 is 15.9 Å². The average Bonchev–Trinajstić information content (AvgIpc) is 2.81. The first-order chi connectivity index (χ1) is 8.09. The Morgan fingerprint density at radius 1 is 1.35 bits per heavy atom. The number of halogens is 1. The summed E-state index contributed by atoms with van der Waals surface area (Å²) in [5.41, 5.74) is 2.17. The number of benzene rings is 1. The van der Waals surface area contributed by atoms with Crippen LogP contribution in [-0.4, -0.2) is 18.2 Å². The fourth-order valence-electron chi connectivity index (χ4n) is 2.67. The third-order valence-corrected chi connectivity index (χ3v) is 4.19. The molecule has 0 aromatic heterocycles. The van der Waals surface area contributed by atoms with Crippen LogP contribution in [0.3, 0.4) is 0 Å². The fraction of sp³-hybridized carbons (Fsp3) is 0.571. The minimum atomic E-state index is -0.425. The van der Waals surface area contributed by atoms with Gasteiger partial charge in [-0.05, 0) is 38.0 Å². The summed E-state index contributed by atoms with van der Waals surface area (Å²) in [6.07, 6.45) is 4.77. The van der Waals surface area contributed by atoms with Crippen LogP contribution in [0, 0.1) is 0 Å². The summed E-state index contributed by atoms with van der Waals surface area (Å²) in [4.78, 5) is 2.33. The third-order valence-electron chi connectivity index (χ3n) is 3.69. The molecule has 1 saturated carbocycles. The molecule has 17 heavy (non-hydrogen) atoms. The van der Waals surface area contributed by atoms with Gasteiger partial charge in [0.25, 0.3) is 0 Å². The molecule has 3 heteroatoms. The van der Waals surface area contributed by atoms with E-state index in [4.69, 9.17) is 0 Å². The van der Waals surface area contributed by atoms with Gasteiger partial charge in [0.2, 0.25) is 0 Å². The second-order valence-corrected chi connectivity index (χ2v) is 5.84. The van der Waals surface area contributed by atoms with E-state index in [1.807, 2.05) is 19.1 Å². The first kappa shape index (κ1) is 12.9. The van der Waals surface area contributed by atoms with E-state index >= 15 is 0 Å². The van der Waals surface area contributed by atoms with Gasteiger partial charge >= 0.3 is 0 Å². The third kappa shape index (κ3) is 2.83. The molecule has 0 radical (unpaired) electrons. The van der Waals surface area contributed by atoms with Crippen molar-refractivity contribution in [2.75, 3.05) is 11.9 Å². The van der Waals surface area contributed by atoms with E-state index in [1.165, 1.54) is 25.7 Å². The van der Waals surface area contributed by atoms with Crippen molar-refractivity contribution >= 4 is 21.6 Å². The van der Waals surface area contributed by atoms with Gasteiger partial charge < -0.3 is 10.0 Å². The van der Waals surface area contributed by atoms with Crippen LogP contribution in [0.2, 0.25) is 0 Å². The molecule has 1 atom stereocenters. The Morgan fingerprint density at radius 2 is 2.00 bits per heavy atom. The van der Waals surface area contributed by atoms with E-state index in [0.29, 0.717) is 6.04 Å². The quantitative estimate of drug-likeness (QED) is 0.915. The highest BCUT2D eigenvalue weighted by atomic mass is 79.9. The van der Waals surface area contributed by atoms with E-state index in [2.05, 4.69) is 33.9 Å². The van der Waals surface area contributed by atoms with Gasteiger partial charge in [-0.2, -0.15) is 0 Å². The number of hydrogen-bond donors (Lipinski definition) is 1. The molecular formula is C14H20BrNO. The van der Waals surface area contributed by atoms with Gasteiger partial charge in [-0.15, -0.1) is 0 Å². The average molecular weight is 298 g/mol. The lowest BCUT2D eigenvalue weighted by Crippen LogP contribution is -2.29. The lowest BCUT2D eigenvalue weighted by molar-refractivity contribution is 0.199. The molecule has 1 unspecified atom stereocenters. The number of anilines is 1. The van der Waals surface area contributed by atoms with Gasteiger partial charge in [0, 0.05) is 28.8 Å². The zero-order valence-corrected chi connectivity index (χ0v) is 12.1. The van der Waals surface area contributed by atoms with Gasteiger partial charge in [0.05, 0.1) is 6.10 Å². The topological polar surface area (TPSA) is 23.5 Å². The molecule has 0 bridgehead atoms. The van der Waals surface area contributed by atoms with Gasteiger partial charge in [0.15, 0.2) is 0 Å². The van der Waals surface area contributed by atoms with E-state index in [-0.39, 0.29) is 0 Å². The summed E-state index contributed by atoms with van der Waals surface area (Å²) >= 11 is 3.47. The van der Waals surface area contributed by atoms with Crippen LogP contribution in [-0.2, 0) is 0 Å². The Balaban J connectivity index is 2.29. The minimum Gasteiger partial charge on any atom is -0.389 e. The van der Waals surface area contributed by atoms with Crippen LogP contribution in [0.4, 0.5) is 5.69 Å². The van der Waals surface area contributed by atoms with Crippen molar-refractivity contribution in [3.63, 3.8) is 0 Å². The Labute approximate surface area is 112 Å². The predicted molar refractivity (Wildman–Crippen MR) is 75.4 cm³/mol. The standard InChI is InChI=1S/C14H20BrNO/c1-10(17)13-9-11(15)7-8-14(13)16(2)12-5-3-4-6-12/h7-10,12,17H,3-6H2,1-2H3. The van der Waals surface area contributed by atoms with Crippen molar-refractivity contribution in [3.05, 3.63) is 28.2 Å². The lowest BCUT2D eigenvalue weighted by Gasteiger charge is -2.29. The molecule has 0 spiro atoms. The number of hydrogen-bond acceptors (Lipinski definition) is 2. The molecule has 1 aromatic carbocycles. The Hall–Kier alpha value is -0.540. The Morgan fingerprint density at radius 3 is 2.59 bits per heavy atom. The smallest absolute Gasteiger partial charge is 0.0782 e. The van der Waals surface area contributed by atoms with Crippen LogP contribution in [0.25, 0.3) is 0 Å². The molecule has 0 saturated heterocycles. The maximum atomic E-state index is 9.87. The molecule has 0 aliphatic heterocycles. The highest BCUT2D eigenvalue weighted by Crippen LogP contribution is 2.33. The van der Waals surface area contributed by atoms with E-state index in [9.17, 15) is 5.11 Å². The zero-order valence-electron chi connectivity index (χ0n) is 10.5. The summed E-state index contributed by atoms with van der Waals surface area (Å²) < 4.78 is 1.02. The SMILES string of the molecule is CC(O)c1cc(Br)ccc1N(C)C1CCCC1. The van der Waals surface area contributed by atoms with Gasteiger partial charge in [0.1, 0.15) is 0 Å². The first-order valence-electron chi connectivity index (χ1n) is 6.30. The van der Waals surface area contributed by atoms with Gasteiger partial charge in [-0.3, -0.25) is 0 Å². The number of nitrogens with zero attached hydrogens (tertiary/aromatic N) is 1. The second-order valence-electron chi connectivity index (χ2n) is 4.93. The minimum absolute atomic E-state index is 0.425. The normalized spacial score (nSPS) is 18.4. The molecule has 1 fully saturated rings. The predicted octanol–water partition coefficient (Wildman–Crippen LogP) is 3.88. The summed E-state index contributed by atoms with van der Waals surface area (Å²) in [6, 6.07) is 6.80. The molecule has 2 rings (SSSR count). The Kier molecular flexibility index (Phi) is 4.10. The molecule has 1 aromatic rings. The monoisotopic (exact) mass is 297 g/mol. The maximum absolute atomic E-state index is 9.87. The summed E-state index contributed by atoms with van der Waals surface area (Å²) in [7, 11) is 2.14. The molecule has 2 nitrogen and oxygen atoms in total. The van der Waals surface area contributed by atoms with Crippen LogP contribution < -0.4 is 4.90 Å². The van der Waals surface area contributed by atoms with Gasteiger partial charge in [-0.1, -0.05) is 28.8 Å². The van der Waals surface area contributed by atoms with E-state index < -0.39 is 6.10 Å². The molecule has 1 aliphatic carbocycles. The Bertz CT molecular complexity index is 386. The van der Waals surface area contributed by atoms with Crippen molar-refractivity contribution in [2.24, 2.45) is 0 Å². The van der Waals surface area contributed by atoms with Gasteiger partial charge in [-0.25, -0.2) is 0 Å². The molecule has 1 N–H and O–H groups in total. The van der Waals surface area contributed by atoms with Crippen LogP contribution in [0.1, 0.15) is 44.3 Å². The van der Waals surface area contributed by atoms with Crippen molar-refractivity contribution in [1.29, 1.82) is 0 Å². The van der Waals surface area contributed by atoms with E-state index in [1.54, 1.807) is 0 Å². The second kappa shape index (κ2) is 5.40. The van der Waals surface area contributed by atoms with Crippen LogP contribution in [0.5, 0.6) is 0 Å². The molecular weight excluding hydrogens is 278 g/mol. The number of aliphatic hydroxyl groups excluding tert-OH is 1. The van der Waals surface area contributed by atoms with E-state index in [0.717, 1.165) is 15.7 Å². The lowest BCUT2D eigenvalue weighted by atomic mass is 10.1. The van der Waals surface area contributed by atoms with Crippen molar-refractivity contribution in [2.45, 2.75) is 44.8 Å². The molecule has 94 valence electrons. The fourth-order valence-corrected chi connectivity index (χ4v) is 3.05. The first-order valence-corrected chi connectivity index (χ1v) is 7.09. The maximum Gasteiger partial charge on any atom is 0.0782 e. The van der Waals surface area contributed by atoms with Crippen molar-refractivity contribution in [1.82, 2.24) is 0 Å². The van der Waals surface area contributed by atoms with Crippen molar-refractivity contribution in [3.8, 4) is 0 Å². The summed E-state index contributed by atoms with van der Waals surface area (Å²) in [5, 5.41) is 9.87. The van der Waals surface area contributed by atoms with Crippen LogP contribution in [0.15, 0.2) is 22.7 Å². The summed E-state index contributed by atoms with van der Waals surface area (Å²) in [6.45, 7) is 1.83. The number of rotatable bonds is 3. The molecule has 0 amide bonds. The molecule has 1 aliphatic rings. The highest BCUT2D eigenvalue weighted by Gasteiger charge is 2.22. The summed E-state index contributed by atoms with van der Waals surface area (Å²) in [5.74, 6) is 0. The highest BCUT2D eigenvalue weighted by molar-refractivity contribution is 9.10. The van der Waals surface area contributed by atoms with Crippen molar-refractivity contribution < 1.29 is 5.11 Å². The zero-order chi connectivity index (χ0) is 12.4. The molecule has 0 heterocycles. The largest absolute Gasteiger partial charge is 0.389 e. The number of aliphatic hydroxyl groups is 1.